The maximum atomic E-state index is 12.7. The standard InChI is InChI=1S/C18H21N3O5/c1-25-14-6-4-12(5-7-14)16(22)17(23)20-8-3-9-21-13(11-20)10-15(19-21)18(24)26-2/h4-7,10,16,22H,3,8-9,11H2,1-2H3. The third kappa shape index (κ3) is 3.55. The number of fused-ring (bicyclic) bond motifs is 1. The Kier molecular flexibility index (Phi) is 5.22. The summed E-state index contributed by atoms with van der Waals surface area (Å²) in [5.41, 5.74) is 1.45. The topological polar surface area (TPSA) is 93.9 Å². The molecule has 2 heterocycles. The van der Waals surface area contributed by atoms with Gasteiger partial charge >= 0.3 is 5.97 Å². The van der Waals surface area contributed by atoms with E-state index in [1.807, 2.05) is 0 Å². The highest BCUT2D eigenvalue weighted by Gasteiger charge is 2.27. The van der Waals surface area contributed by atoms with Gasteiger partial charge in [-0.3, -0.25) is 9.48 Å². The molecule has 8 heteroatoms. The van der Waals surface area contributed by atoms with Crippen LogP contribution in [0.1, 0.15) is 34.3 Å². The highest BCUT2D eigenvalue weighted by Crippen LogP contribution is 2.22. The van der Waals surface area contributed by atoms with Crippen LogP contribution in [-0.2, 0) is 22.6 Å². The minimum atomic E-state index is -1.25. The van der Waals surface area contributed by atoms with E-state index in [4.69, 9.17) is 4.74 Å². The predicted molar refractivity (Wildman–Crippen MR) is 91.6 cm³/mol. The predicted octanol–water partition coefficient (Wildman–Crippen LogP) is 1.14. The van der Waals surface area contributed by atoms with E-state index in [-0.39, 0.29) is 18.1 Å². The number of amides is 1. The van der Waals surface area contributed by atoms with Gasteiger partial charge in [0.05, 0.1) is 26.5 Å². The van der Waals surface area contributed by atoms with Crippen LogP contribution in [0.15, 0.2) is 30.3 Å². The molecule has 1 aromatic carbocycles. The number of esters is 1. The third-order valence-electron chi connectivity index (χ3n) is 4.39. The van der Waals surface area contributed by atoms with Crippen LogP contribution in [-0.4, -0.2) is 52.4 Å². The van der Waals surface area contributed by atoms with Gasteiger partial charge in [-0.2, -0.15) is 5.10 Å². The van der Waals surface area contributed by atoms with E-state index in [1.54, 1.807) is 47.0 Å². The Bertz CT molecular complexity index is 800. The second-order valence-electron chi connectivity index (χ2n) is 6.02. The molecule has 1 unspecified atom stereocenters. The van der Waals surface area contributed by atoms with Crippen molar-refractivity contribution < 1.29 is 24.2 Å². The van der Waals surface area contributed by atoms with Crippen LogP contribution in [0.2, 0.25) is 0 Å². The smallest absolute Gasteiger partial charge is 0.358 e. The fourth-order valence-electron chi connectivity index (χ4n) is 2.96. The number of aryl methyl sites for hydroxylation is 1. The number of nitrogens with zero attached hydrogens (tertiary/aromatic N) is 3. The largest absolute Gasteiger partial charge is 0.497 e. The fourth-order valence-corrected chi connectivity index (χ4v) is 2.96. The van der Waals surface area contributed by atoms with Crippen molar-refractivity contribution in [1.29, 1.82) is 0 Å². The molecule has 0 fully saturated rings. The molecule has 0 bridgehead atoms. The summed E-state index contributed by atoms with van der Waals surface area (Å²) >= 11 is 0. The van der Waals surface area contributed by atoms with Gasteiger partial charge in [-0.25, -0.2) is 4.79 Å². The first-order valence-electron chi connectivity index (χ1n) is 8.29. The number of aromatic nitrogens is 2. The van der Waals surface area contributed by atoms with E-state index in [1.165, 1.54) is 7.11 Å². The van der Waals surface area contributed by atoms with E-state index in [0.29, 0.717) is 30.8 Å². The first kappa shape index (κ1) is 17.9. The normalized spacial score (nSPS) is 15.0. The summed E-state index contributed by atoms with van der Waals surface area (Å²) in [6.45, 7) is 1.37. The number of rotatable bonds is 4. The van der Waals surface area contributed by atoms with Crippen LogP contribution >= 0.6 is 0 Å². The Morgan fingerprint density at radius 3 is 2.58 bits per heavy atom. The minimum absolute atomic E-state index is 0.215. The summed E-state index contributed by atoms with van der Waals surface area (Å²) < 4.78 is 11.5. The van der Waals surface area contributed by atoms with Crippen molar-refractivity contribution in [2.75, 3.05) is 20.8 Å². The molecular formula is C18H21N3O5. The molecule has 0 spiro atoms. The lowest BCUT2D eigenvalue weighted by Crippen LogP contribution is -2.34. The van der Waals surface area contributed by atoms with Gasteiger partial charge in [0, 0.05) is 13.1 Å². The first-order chi connectivity index (χ1) is 12.5. The number of carbonyl (C=O) groups is 2. The number of aliphatic hydroxyl groups excluding tert-OH is 1. The lowest BCUT2D eigenvalue weighted by Gasteiger charge is -2.23. The SMILES string of the molecule is COC(=O)c1cc2n(n1)CCCN(C(=O)C(O)c1ccc(OC)cc1)C2. The number of carbonyl (C=O) groups excluding carboxylic acids is 2. The molecule has 2 aromatic rings. The monoisotopic (exact) mass is 359 g/mol. The third-order valence-corrected chi connectivity index (χ3v) is 4.39. The Balaban J connectivity index is 1.76. The summed E-state index contributed by atoms with van der Waals surface area (Å²) in [4.78, 5) is 26.0. The molecule has 1 aromatic heterocycles. The van der Waals surface area contributed by atoms with Crippen LogP contribution in [0.4, 0.5) is 0 Å². The Morgan fingerprint density at radius 1 is 1.19 bits per heavy atom. The molecule has 0 saturated heterocycles. The lowest BCUT2D eigenvalue weighted by atomic mass is 10.1. The molecule has 0 saturated carbocycles. The average Bonchev–Trinajstić information content (AvgIpc) is 2.97. The van der Waals surface area contributed by atoms with Gasteiger partial charge in [0.2, 0.25) is 0 Å². The van der Waals surface area contributed by atoms with E-state index in [2.05, 4.69) is 9.84 Å². The molecule has 26 heavy (non-hydrogen) atoms. The van der Waals surface area contributed by atoms with Crippen molar-refractivity contribution in [3.8, 4) is 5.75 Å². The quantitative estimate of drug-likeness (QED) is 0.823. The van der Waals surface area contributed by atoms with Gasteiger partial charge in [-0.05, 0) is 30.2 Å². The molecule has 1 N–H and O–H groups in total. The maximum Gasteiger partial charge on any atom is 0.358 e. The van der Waals surface area contributed by atoms with Gasteiger partial charge in [0.1, 0.15) is 5.75 Å². The van der Waals surface area contributed by atoms with Crippen molar-refractivity contribution >= 4 is 11.9 Å². The molecule has 1 aliphatic heterocycles. The molecule has 1 amide bonds. The van der Waals surface area contributed by atoms with Crippen molar-refractivity contribution in [3.05, 3.63) is 47.3 Å². The van der Waals surface area contributed by atoms with Crippen molar-refractivity contribution in [1.82, 2.24) is 14.7 Å². The molecule has 138 valence electrons. The van der Waals surface area contributed by atoms with Gasteiger partial charge in [0.15, 0.2) is 11.8 Å². The second-order valence-corrected chi connectivity index (χ2v) is 6.02. The van der Waals surface area contributed by atoms with Gasteiger partial charge in [0.25, 0.3) is 5.91 Å². The van der Waals surface area contributed by atoms with Crippen molar-refractivity contribution in [3.63, 3.8) is 0 Å². The molecule has 1 aliphatic rings. The second kappa shape index (κ2) is 7.57. The first-order valence-corrected chi connectivity index (χ1v) is 8.29. The summed E-state index contributed by atoms with van der Waals surface area (Å²) in [7, 11) is 2.85. The van der Waals surface area contributed by atoms with Crippen LogP contribution in [0, 0.1) is 0 Å². The molecule has 1 atom stereocenters. The molecule has 0 radical (unpaired) electrons. The zero-order valence-electron chi connectivity index (χ0n) is 14.7. The van der Waals surface area contributed by atoms with E-state index < -0.39 is 12.1 Å². The summed E-state index contributed by atoms with van der Waals surface area (Å²) in [5.74, 6) is -0.242. The zero-order valence-corrected chi connectivity index (χ0v) is 14.7. The molecule has 3 rings (SSSR count). The zero-order chi connectivity index (χ0) is 18.7. The number of hydrogen-bond donors (Lipinski definition) is 1. The number of aliphatic hydroxyl groups is 1. The van der Waals surface area contributed by atoms with Gasteiger partial charge in [-0.1, -0.05) is 12.1 Å². The minimum Gasteiger partial charge on any atom is -0.497 e. The maximum absolute atomic E-state index is 12.7. The van der Waals surface area contributed by atoms with Crippen LogP contribution in [0.25, 0.3) is 0 Å². The molecule has 0 aliphatic carbocycles. The molecule has 8 nitrogen and oxygen atoms in total. The number of benzene rings is 1. The Morgan fingerprint density at radius 2 is 1.92 bits per heavy atom. The number of ether oxygens (including phenoxy) is 2. The van der Waals surface area contributed by atoms with Crippen molar-refractivity contribution in [2.24, 2.45) is 0 Å². The van der Waals surface area contributed by atoms with Crippen molar-refractivity contribution in [2.45, 2.75) is 25.6 Å². The number of hydrogen-bond acceptors (Lipinski definition) is 6. The summed E-state index contributed by atoms with van der Waals surface area (Å²) in [6, 6.07) is 8.35. The highest BCUT2D eigenvalue weighted by atomic mass is 16.5. The van der Waals surface area contributed by atoms with E-state index in [0.717, 1.165) is 5.69 Å². The summed E-state index contributed by atoms with van der Waals surface area (Å²) in [6.07, 6.45) is -0.577. The Labute approximate surface area is 150 Å². The van der Waals surface area contributed by atoms with Crippen LogP contribution in [0.3, 0.4) is 0 Å². The Hall–Kier alpha value is -2.87. The van der Waals surface area contributed by atoms with Crippen LogP contribution in [0.5, 0.6) is 5.75 Å². The summed E-state index contributed by atoms with van der Waals surface area (Å²) in [5, 5.41) is 14.7. The number of methoxy groups -OCH3 is 2. The van der Waals surface area contributed by atoms with Crippen LogP contribution < -0.4 is 4.74 Å². The van der Waals surface area contributed by atoms with Gasteiger partial charge < -0.3 is 19.5 Å². The van der Waals surface area contributed by atoms with E-state index in [9.17, 15) is 14.7 Å². The average molecular weight is 359 g/mol. The van der Waals surface area contributed by atoms with E-state index >= 15 is 0 Å². The fraction of sp³-hybridized carbons (Fsp3) is 0.389. The highest BCUT2D eigenvalue weighted by molar-refractivity contribution is 5.87. The lowest BCUT2D eigenvalue weighted by molar-refractivity contribution is -0.141. The molecular weight excluding hydrogens is 338 g/mol. The van der Waals surface area contributed by atoms with Gasteiger partial charge in [-0.15, -0.1) is 0 Å².